The summed E-state index contributed by atoms with van der Waals surface area (Å²) in [6, 6.07) is 17.9. The Hall–Kier alpha value is -4.93. The fraction of sp³-hybridized carbons (Fsp3) is 0.281. The average molecular weight is 628 g/mol. The first-order valence-electron chi connectivity index (χ1n) is 14.4. The van der Waals surface area contributed by atoms with Gasteiger partial charge in [0.2, 0.25) is 10.0 Å². The maximum absolute atomic E-state index is 14.9. The number of esters is 1. The lowest BCUT2D eigenvalue weighted by Crippen LogP contribution is -2.64. The van der Waals surface area contributed by atoms with Gasteiger partial charge >= 0.3 is 5.97 Å². The molecule has 0 N–H and O–H groups in total. The lowest BCUT2D eigenvalue weighted by atomic mass is 9.89. The number of rotatable bonds is 10. The Morgan fingerprint density at radius 2 is 1.91 bits per heavy atom. The first-order valence-corrected chi connectivity index (χ1v) is 16.0. The van der Waals surface area contributed by atoms with E-state index < -0.39 is 33.3 Å². The van der Waals surface area contributed by atoms with Gasteiger partial charge in [-0.05, 0) is 37.1 Å². The number of sulfonamides is 1. The van der Waals surface area contributed by atoms with Gasteiger partial charge < -0.3 is 4.74 Å². The van der Waals surface area contributed by atoms with E-state index in [1.165, 1.54) is 16.7 Å². The number of carbonyl (C=O) groups is 1. The van der Waals surface area contributed by atoms with Crippen LogP contribution >= 0.6 is 0 Å². The molecule has 0 aliphatic carbocycles. The summed E-state index contributed by atoms with van der Waals surface area (Å²) in [4.78, 5) is 21.8. The van der Waals surface area contributed by atoms with Crippen LogP contribution in [0, 0.1) is 17.1 Å². The highest BCUT2D eigenvalue weighted by atomic mass is 32.2. The highest BCUT2D eigenvalue weighted by molar-refractivity contribution is 7.89. The zero-order valence-electron chi connectivity index (χ0n) is 24.7. The van der Waals surface area contributed by atoms with Gasteiger partial charge in [-0.2, -0.15) is 14.7 Å². The third-order valence-corrected chi connectivity index (χ3v) is 10.1. The van der Waals surface area contributed by atoms with Crippen LogP contribution in [0.2, 0.25) is 0 Å². The minimum atomic E-state index is -3.37. The molecule has 1 aliphatic heterocycles. The molecule has 45 heavy (non-hydrogen) atoms. The summed E-state index contributed by atoms with van der Waals surface area (Å²) in [7, 11) is -3.37. The van der Waals surface area contributed by atoms with Crippen LogP contribution < -0.4 is 0 Å². The van der Waals surface area contributed by atoms with Crippen molar-refractivity contribution < 1.29 is 22.3 Å². The van der Waals surface area contributed by atoms with Gasteiger partial charge in [-0.3, -0.25) is 14.0 Å². The van der Waals surface area contributed by atoms with Crippen molar-refractivity contribution in [2.75, 3.05) is 18.8 Å². The molecule has 230 valence electrons. The van der Waals surface area contributed by atoms with Gasteiger partial charge in [-0.15, -0.1) is 0 Å². The number of carbonyl (C=O) groups excluding carboxylic acids is 1. The van der Waals surface area contributed by atoms with Crippen LogP contribution in [0.1, 0.15) is 31.7 Å². The molecule has 6 rings (SSSR count). The summed E-state index contributed by atoms with van der Waals surface area (Å²) in [5, 5.41) is 14.6. The SMILES string of the molecule is CCS(=O)(=O)N1CC(CC#N)(n2cc(-c3ncnc4c3ccn4COC(=O)C(C)c3ccc(-c4ccccc4)c(F)c3)cn2)C1. The number of nitrogens with zero attached hydrogens (tertiary/aromatic N) is 7. The van der Waals surface area contributed by atoms with Crippen molar-refractivity contribution in [3.8, 4) is 28.5 Å². The second kappa shape index (κ2) is 11.9. The topological polar surface area (TPSA) is 136 Å². The van der Waals surface area contributed by atoms with Crippen LogP contribution in [-0.4, -0.2) is 61.9 Å². The molecule has 0 radical (unpaired) electrons. The molecule has 0 spiro atoms. The summed E-state index contributed by atoms with van der Waals surface area (Å²) in [5.74, 6) is -1.63. The standard InChI is InChI=1S/C32H30FN7O4S/c1-3-45(42,43)39-18-32(19-39,12-13-34)40-17-25(16-37-40)29-27-11-14-38(30(27)36-20-35-29)21-44-31(41)22(2)24-9-10-26(28(33)15-24)23-7-5-4-6-8-23/h4-11,14-17,20,22H,3,12,18-19,21H2,1-2H3. The number of nitriles is 1. The number of aromatic nitrogens is 5. The van der Waals surface area contributed by atoms with Crippen LogP contribution in [0.3, 0.4) is 0 Å². The number of fused-ring (bicyclic) bond motifs is 1. The van der Waals surface area contributed by atoms with Crippen molar-refractivity contribution in [3.05, 3.63) is 90.9 Å². The monoisotopic (exact) mass is 627 g/mol. The van der Waals surface area contributed by atoms with Gasteiger partial charge in [0.15, 0.2) is 6.73 Å². The molecule has 11 nitrogen and oxygen atoms in total. The second-order valence-electron chi connectivity index (χ2n) is 11.1. The Morgan fingerprint density at radius 3 is 2.62 bits per heavy atom. The fourth-order valence-corrected chi connectivity index (χ4v) is 6.80. The van der Waals surface area contributed by atoms with Crippen molar-refractivity contribution >= 4 is 27.0 Å². The Labute approximate surface area is 259 Å². The van der Waals surface area contributed by atoms with Crippen molar-refractivity contribution in [1.29, 1.82) is 5.26 Å². The summed E-state index contributed by atoms with van der Waals surface area (Å²) < 4.78 is 49.8. The van der Waals surface area contributed by atoms with Crippen LogP contribution in [-0.2, 0) is 31.8 Å². The summed E-state index contributed by atoms with van der Waals surface area (Å²) in [6.45, 7) is 3.48. The fourth-order valence-electron chi connectivity index (χ4n) is 5.56. The quantitative estimate of drug-likeness (QED) is 0.204. The zero-order chi connectivity index (χ0) is 31.8. The van der Waals surface area contributed by atoms with Gasteiger partial charge in [0.1, 0.15) is 23.3 Å². The molecule has 0 amide bonds. The summed E-state index contributed by atoms with van der Waals surface area (Å²) in [6.07, 6.45) is 6.62. The molecular weight excluding hydrogens is 597 g/mol. The predicted octanol–water partition coefficient (Wildman–Crippen LogP) is 4.68. The maximum atomic E-state index is 14.9. The molecule has 1 unspecified atom stereocenters. The number of benzene rings is 2. The van der Waals surface area contributed by atoms with Gasteiger partial charge in [0.25, 0.3) is 0 Å². The average Bonchev–Trinajstić information content (AvgIpc) is 3.69. The Bertz CT molecular complexity index is 2030. The van der Waals surface area contributed by atoms with Crippen LogP contribution in [0.5, 0.6) is 0 Å². The molecule has 1 fully saturated rings. The lowest BCUT2D eigenvalue weighted by Gasteiger charge is -2.47. The van der Waals surface area contributed by atoms with Gasteiger partial charge in [-0.1, -0.05) is 42.5 Å². The minimum absolute atomic E-state index is 0.00940. The highest BCUT2D eigenvalue weighted by Crippen LogP contribution is 2.36. The maximum Gasteiger partial charge on any atom is 0.314 e. The van der Waals surface area contributed by atoms with E-state index in [0.29, 0.717) is 33.4 Å². The van der Waals surface area contributed by atoms with Crippen molar-refractivity contribution in [2.45, 2.75) is 38.5 Å². The third kappa shape index (κ3) is 5.58. The van der Waals surface area contributed by atoms with Gasteiger partial charge in [0.05, 0.1) is 36.1 Å². The highest BCUT2D eigenvalue weighted by Gasteiger charge is 2.49. The molecule has 4 heterocycles. The number of hydrogen-bond donors (Lipinski definition) is 0. The molecule has 0 saturated carbocycles. The van der Waals surface area contributed by atoms with E-state index in [4.69, 9.17) is 4.74 Å². The smallest absolute Gasteiger partial charge is 0.314 e. The van der Waals surface area contributed by atoms with E-state index in [1.807, 2.05) is 30.3 Å². The van der Waals surface area contributed by atoms with Gasteiger partial charge in [-0.25, -0.2) is 22.8 Å². The number of hydrogen-bond acceptors (Lipinski definition) is 8. The van der Waals surface area contributed by atoms with Crippen LogP contribution in [0.25, 0.3) is 33.4 Å². The predicted molar refractivity (Wildman–Crippen MR) is 164 cm³/mol. The number of ether oxygens (including phenoxy) is 1. The largest absolute Gasteiger partial charge is 0.443 e. The molecule has 0 bridgehead atoms. The van der Waals surface area contributed by atoms with E-state index in [-0.39, 0.29) is 32.0 Å². The molecule has 1 aliphatic rings. The first-order chi connectivity index (χ1) is 21.7. The second-order valence-corrected chi connectivity index (χ2v) is 13.3. The minimum Gasteiger partial charge on any atom is -0.443 e. The van der Waals surface area contributed by atoms with Crippen LogP contribution in [0.4, 0.5) is 4.39 Å². The van der Waals surface area contributed by atoms with E-state index in [2.05, 4.69) is 21.1 Å². The molecular formula is C32H30FN7O4S. The van der Waals surface area contributed by atoms with Gasteiger partial charge in [0, 0.05) is 42.0 Å². The summed E-state index contributed by atoms with van der Waals surface area (Å²) >= 11 is 0. The third-order valence-electron chi connectivity index (χ3n) is 8.28. The molecule has 1 atom stereocenters. The molecule has 13 heteroatoms. The summed E-state index contributed by atoms with van der Waals surface area (Å²) in [5.41, 5.74) is 2.74. The van der Waals surface area contributed by atoms with E-state index in [0.717, 1.165) is 5.56 Å². The van der Waals surface area contributed by atoms with Crippen LogP contribution in [0.15, 0.2) is 79.5 Å². The van der Waals surface area contributed by atoms with E-state index in [9.17, 15) is 22.9 Å². The van der Waals surface area contributed by atoms with Crippen molar-refractivity contribution in [2.24, 2.45) is 0 Å². The lowest BCUT2D eigenvalue weighted by molar-refractivity contribution is -0.148. The Balaban J connectivity index is 1.17. The van der Waals surface area contributed by atoms with Crippen molar-refractivity contribution in [1.82, 2.24) is 28.6 Å². The first kappa shape index (κ1) is 30.1. The molecule has 1 saturated heterocycles. The zero-order valence-corrected chi connectivity index (χ0v) is 25.5. The molecule has 3 aromatic heterocycles. The molecule has 2 aromatic carbocycles. The number of halogens is 1. The van der Waals surface area contributed by atoms with E-state index >= 15 is 0 Å². The van der Waals surface area contributed by atoms with Crippen molar-refractivity contribution in [3.63, 3.8) is 0 Å². The molecule has 5 aromatic rings. The van der Waals surface area contributed by atoms with E-state index in [1.54, 1.807) is 59.9 Å². The Kier molecular flexibility index (Phi) is 7.94. The Morgan fingerprint density at radius 1 is 1.13 bits per heavy atom. The normalized spacial score (nSPS) is 15.3.